The molecule has 11 heteroatoms. The highest BCUT2D eigenvalue weighted by Gasteiger charge is 2.44. The van der Waals surface area contributed by atoms with E-state index in [1.54, 1.807) is 0 Å². The summed E-state index contributed by atoms with van der Waals surface area (Å²) in [4.78, 5) is 13.0. The fourth-order valence-corrected chi connectivity index (χ4v) is 7.97. The second-order valence-corrected chi connectivity index (χ2v) is 17.5. The molecule has 8 N–H and O–H groups in total. The van der Waals surface area contributed by atoms with Gasteiger partial charge in [0.05, 0.1) is 25.4 Å². The topological polar surface area (TPSA) is 189 Å². The van der Waals surface area contributed by atoms with Crippen molar-refractivity contribution >= 4 is 5.91 Å². The molecule has 350 valence electrons. The highest BCUT2D eigenvalue weighted by atomic mass is 16.7. The largest absolute Gasteiger partial charge is 0.394 e. The molecule has 11 nitrogen and oxygen atoms in total. The van der Waals surface area contributed by atoms with Gasteiger partial charge in [-0.25, -0.2) is 0 Å². The summed E-state index contributed by atoms with van der Waals surface area (Å²) in [6, 6.07) is -1.18. The zero-order valence-corrected chi connectivity index (χ0v) is 37.7. The Morgan fingerprint density at radius 1 is 0.576 bits per heavy atom. The maximum Gasteiger partial charge on any atom is 0.249 e. The third kappa shape index (κ3) is 28.2. The van der Waals surface area contributed by atoms with Gasteiger partial charge in [0.25, 0.3) is 0 Å². The van der Waals surface area contributed by atoms with E-state index in [0.29, 0.717) is 19.3 Å². The SMILES string of the molecule is CCCCCC/C=C\CCC(O)C(=O)NC(COC1OC(CO)C(O)C(O)C1O)C(O)C(O)CCCCCCCCCCCCCCCCCCCCCCCCCC. The van der Waals surface area contributed by atoms with Gasteiger partial charge in [0, 0.05) is 0 Å². The van der Waals surface area contributed by atoms with Gasteiger partial charge in [-0.1, -0.05) is 199 Å². The molecule has 1 saturated heterocycles. The van der Waals surface area contributed by atoms with Crippen molar-refractivity contribution in [3.63, 3.8) is 0 Å². The van der Waals surface area contributed by atoms with E-state index >= 15 is 0 Å². The number of ether oxygens (including phenoxy) is 2. The number of nitrogens with one attached hydrogen (secondary N) is 1. The monoisotopic (exact) mass is 844 g/mol. The minimum absolute atomic E-state index is 0.176. The number of unbranched alkanes of at least 4 members (excludes halogenated alkanes) is 27. The molecular weight excluding hydrogens is 751 g/mol. The third-order valence-corrected chi connectivity index (χ3v) is 12.1. The van der Waals surface area contributed by atoms with Gasteiger partial charge in [-0.05, 0) is 32.1 Å². The first-order chi connectivity index (χ1) is 28.7. The predicted octanol–water partition coefficient (Wildman–Crippen LogP) is 8.45. The number of hydrogen-bond donors (Lipinski definition) is 8. The van der Waals surface area contributed by atoms with Crippen molar-refractivity contribution < 1.29 is 50.0 Å². The fraction of sp³-hybridized carbons (Fsp3) is 0.938. The minimum atomic E-state index is -1.66. The summed E-state index contributed by atoms with van der Waals surface area (Å²) in [6.45, 7) is 3.38. The zero-order valence-electron chi connectivity index (χ0n) is 37.7. The molecular formula is C48H93NO10. The maximum atomic E-state index is 13.0. The number of allylic oxidation sites excluding steroid dienone is 2. The highest BCUT2D eigenvalue weighted by Crippen LogP contribution is 2.23. The van der Waals surface area contributed by atoms with Crippen molar-refractivity contribution in [3.8, 4) is 0 Å². The van der Waals surface area contributed by atoms with Gasteiger partial charge in [0.1, 0.15) is 36.6 Å². The van der Waals surface area contributed by atoms with Gasteiger partial charge in [0.2, 0.25) is 5.91 Å². The van der Waals surface area contributed by atoms with Crippen molar-refractivity contribution in [1.29, 1.82) is 0 Å². The first-order valence-corrected chi connectivity index (χ1v) is 24.6. The van der Waals surface area contributed by atoms with Crippen LogP contribution in [0.15, 0.2) is 12.2 Å². The number of hydrogen-bond acceptors (Lipinski definition) is 10. The van der Waals surface area contributed by atoms with Crippen LogP contribution in [0.4, 0.5) is 0 Å². The average molecular weight is 844 g/mol. The molecule has 0 aromatic heterocycles. The van der Waals surface area contributed by atoms with Crippen molar-refractivity contribution in [2.24, 2.45) is 0 Å². The Kier molecular flexibility index (Phi) is 36.5. The molecule has 0 spiro atoms. The first-order valence-electron chi connectivity index (χ1n) is 24.6. The molecule has 9 atom stereocenters. The summed E-state index contributed by atoms with van der Waals surface area (Å²) < 4.78 is 11.1. The van der Waals surface area contributed by atoms with Crippen LogP contribution in [0.3, 0.4) is 0 Å². The summed E-state index contributed by atoms with van der Waals surface area (Å²) in [5, 5.41) is 75.4. The molecule has 0 aromatic carbocycles. The lowest BCUT2D eigenvalue weighted by molar-refractivity contribution is -0.303. The van der Waals surface area contributed by atoms with Crippen LogP contribution in [0.5, 0.6) is 0 Å². The molecule has 9 unspecified atom stereocenters. The Labute approximate surface area is 360 Å². The van der Waals surface area contributed by atoms with E-state index in [1.807, 2.05) is 6.08 Å². The van der Waals surface area contributed by atoms with Gasteiger partial charge < -0.3 is 50.5 Å². The van der Waals surface area contributed by atoms with E-state index in [2.05, 4.69) is 25.2 Å². The number of carbonyl (C=O) groups excluding carboxylic acids is 1. The van der Waals surface area contributed by atoms with Crippen molar-refractivity contribution in [3.05, 3.63) is 12.2 Å². The molecule has 0 aliphatic carbocycles. The summed E-state index contributed by atoms with van der Waals surface area (Å²) in [5.41, 5.74) is 0. The Hall–Kier alpha value is -1.15. The number of aliphatic hydroxyl groups excluding tert-OH is 7. The van der Waals surface area contributed by atoms with E-state index in [9.17, 15) is 40.5 Å². The molecule has 1 heterocycles. The van der Waals surface area contributed by atoms with Crippen LogP contribution in [0.1, 0.15) is 219 Å². The Morgan fingerprint density at radius 2 is 1.00 bits per heavy atom. The lowest BCUT2D eigenvalue weighted by Gasteiger charge is -2.40. The molecule has 0 radical (unpaired) electrons. The lowest BCUT2D eigenvalue weighted by atomic mass is 9.98. The molecule has 1 aliphatic heterocycles. The third-order valence-electron chi connectivity index (χ3n) is 12.1. The van der Waals surface area contributed by atoms with E-state index in [0.717, 1.165) is 32.1 Å². The van der Waals surface area contributed by atoms with Crippen LogP contribution in [-0.4, -0.2) is 110 Å². The molecule has 0 bridgehead atoms. The molecule has 0 aromatic rings. The van der Waals surface area contributed by atoms with Crippen molar-refractivity contribution in [2.75, 3.05) is 13.2 Å². The van der Waals surface area contributed by atoms with Crippen LogP contribution >= 0.6 is 0 Å². The summed E-state index contributed by atoms with van der Waals surface area (Å²) in [6.07, 6.45) is 30.2. The van der Waals surface area contributed by atoms with Crippen LogP contribution < -0.4 is 5.32 Å². The second-order valence-electron chi connectivity index (χ2n) is 17.5. The van der Waals surface area contributed by atoms with Gasteiger partial charge in [-0.2, -0.15) is 0 Å². The Morgan fingerprint density at radius 3 is 1.46 bits per heavy atom. The standard InChI is InChI=1S/C48H93NO10/c1-3-5-7-9-11-13-14-15-16-17-18-19-20-21-22-23-24-25-26-27-28-30-31-33-35-40(51)43(53)39(38-58-48-46(56)45(55)44(54)42(37-50)59-48)49-47(57)41(52)36-34-32-29-12-10-8-6-4-2/h29,32,39-46,48,50-56H,3-28,30-31,33-38H2,1-2H3,(H,49,57)/b32-29-. The summed E-state index contributed by atoms with van der Waals surface area (Å²) in [7, 11) is 0. The van der Waals surface area contributed by atoms with Crippen LogP contribution in [0.25, 0.3) is 0 Å². The van der Waals surface area contributed by atoms with Gasteiger partial charge in [-0.15, -0.1) is 0 Å². The van der Waals surface area contributed by atoms with Crippen molar-refractivity contribution in [1.82, 2.24) is 5.32 Å². The Bertz CT molecular complexity index is 970. The zero-order chi connectivity index (χ0) is 43.4. The maximum absolute atomic E-state index is 13.0. The molecule has 1 aliphatic rings. The molecule has 0 saturated carbocycles. The normalized spacial score (nSPS) is 21.8. The molecule has 1 fully saturated rings. The number of amides is 1. The summed E-state index contributed by atoms with van der Waals surface area (Å²) >= 11 is 0. The van der Waals surface area contributed by atoms with Gasteiger partial charge in [0.15, 0.2) is 6.29 Å². The van der Waals surface area contributed by atoms with Crippen LogP contribution in [-0.2, 0) is 14.3 Å². The van der Waals surface area contributed by atoms with Gasteiger partial charge in [-0.3, -0.25) is 4.79 Å². The molecule has 1 rings (SSSR count). The van der Waals surface area contributed by atoms with Crippen LogP contribution in [0, 0.1) is 0 Å². The van der Waals surface area contributed by atoms with Crippen LogP contribution in [0.2, 0.25) is 0 Å². The van der Waals surface area contributed by atoms with Crippen molar-refractivity contribution in [2.45, 2.75) is 274 Å². The smallest absolute Gasteiger partial charge is 0.249 e. The Balaban J connectivity index is 2.30. The number of rotatable bonds is 41. The van der Waals surface area contributed by atoms with E-state index < -0.39 is 74.2 Å². The quantitative estimate of drug-likeness (QED) is 0.0219. The van der Waals surface area contributed by atoms with E-state index in [-0.39, 0.29) is 6.42 Å². The molecule has 1 amide bonds. The fourth-order valence-electron chi connectivity index (χ4n) is 7.97. The summed E-state index contributed by atoms with van der Waals surface area (Å²) in [5.74, 6) is -0.732. The predicted molar refractivity (Wildman–Crippen MR) is 238 cm³/mol. The minimum Gasteiger partial charge on any atom is -0.394 e. The van der Waals surface area contributed by atoms with Gasteiger partial charge >= 0.3 is 0 Å². The first kappa shape index (κ1) is 55.9. The molecule has 59 heavy (non-hydrogen) atoms. The number of aliphatic hydroxyl groups is 7. The second kappa shape index (κ2) is 38.5. The van der Waals surface area contributed by atoms with E-state index in [1.165, 1.54) is 148 Å². The number of carbonyl (C=O) groups is 1. The van der Waals surface area contributed by atoms with E-state index in [4.69, 9.17) is 9.47 Å². The highest BCUT2D eigenvalue weighted by molar-refractivity contribution is 5.80. The lowest BCUT2D eigenvalue weighted by Crippen LogP contribution is -2.60. The average Bonchev–Trinajstić information content (AvgIpc) is 3.23.